The summed E-state index contributed by atoms with van der Waals surface area (Å²) < 4.78 is 32.0. The van der Waals surface area contributed by atoms with Crippen LogP contribution in [-0.2, 0) is 19.9 Å². The zero-order valence-electron chi connectivity index (χ0n) is 18.1. The quantitative estimate of drug-likeness (QED) is 0.613. The first-order valence-electron chi connectivity index (χ1n) is 9.82. The maximum absolute atomic E-state index is 13.6. The van der Waals surface area contributed by atoms with E-state index in [1.807, 2.05) is 0 Å². The lowest BCUT2D eigenvalue weighted by molar-refractivity contribution is -0.139. The number of imide groups is 1. The molecule has 0 saturated carbocycles. The third-order valence-electron chi connectivity index (χ3n) is 5.23. The minimum atomic E-state index is -1.67. The van der Waals surface area contributed by atoms with Crippen molar-refractivity contribution in [2.75, 3.05) is 32.6 Å². The predicted molar refractivity (Wildman–Crippen MR) is 113 cm³/mol. The molecule has 2 aromatic carbocycles. The molecule has 0 radical (unpaired) electrons. The summed E-state index contributed by atoms with van der Waals surface area (Å²) in [6, 6.07) is 8.61. The number of ether oxygens (including phenoxy) is 1. The van der Waals surface area contributed by atoms with E-state index in [2.05, 4.69) is 10.6 Å². The van der Waals surface area contributed by atoms with Gasteiger partial charge in [0.25, 0.3) is 5.91 Å². The number of nitrogens with zero attached hydrogens (tertiary/aromatic N) is 2. The highest BCUT2D eigenvalue weighted by Gasteiger charge is 2.50. The molecule has 0 bridgehead atoms. The standard InChI is InChI=1S/C22H22F2N4O5/c1-22(13-7-8-16(23)17(24)9-13)20(31)28(21(32)26-22)12-19(30)27(2)11-18(29)25-14-5-4-6-15(10-14)33-3/h4-10H,11-12H2,1-3H3,(H,25,29)(H,26,32)/t22-/m0/s1. The number of anilines is 1. The van der Waals surface area contributed by atoms with Crippen LogP contribution in [0, 0.1) is 11.6 Å². The molecule has 1 aliphatic heterocycles. The van der Waals surface area contributed by atoms with Gasteiger partial charge in [0, 0.05) is 18.8 Å². The van der Waals surface area contributed by atoms with Crippen LogP contribution in [0.25, 0.3) is 0 Å². The second-order valence-electron chi connectivity index (χ2n) is 7.61. The Bertz CT molecular complexity index is 1130. The average Bonchev–Trinajstić information content (AvgIpc) is 2.99. The molecule has 5 amide bonds. The molecule has 3 rings (SSSR count). The summed E-state index contributed by atoms with van der Waals surface area (Å²) in [5.74, 6) is -3.70. The fourth-order valence-electron chi connectivity index (χ4n) is 3.30. The maximum atomic E-state index is 13.6. The van der Waals surface area contributed by atoms with E-state index in [4.69, 9.17) is 4.74 Å². The smallest absolute Gasteiger partial charge is 0.325 e. The lowest BCUT2D eigenvalue weighted by atomic mass is 9.92. The zero-order valence-corrected chi connectivity index (χ0v) is 18.1. The minimum absolute atomic E-state index is 0.0284. The first kappa shape index (κ1) is 23.6. The Morgan fingerprint density at radius 2 is 1.88 bits per heavy atom. The van der Waals surface area contributed by atoms with E-state index in [0.717, 1.165) is 17.0 Å². The summed E-state index contributed by atoms with van der Waals surface area (Å²) in [5.41, 5.74) is -1.17. The Morgan fingerprint density at radius 3 is 2.55 bits per heavy atom. The summed E-state index contributed by atoms with van der Waals surface area (Å²) in [6.07, 6.45) is 0. The fourth-order valence-corrected chi connectivity index (χ4v) is 3.30. The van der Waals surface area contributed by atoms with Crippen LogP contribution in [0.2, 0.25) is 0 Å². The van der Waals surface area contributed by atoms with Crippen molar-refractivity contribution in [3.8, 4) is 5.75 Å². The summed E-state index contributed by atoms with van der Waals surface area (Å²) in [6.45, 7) is 0.364. The summed E-state index contributed by atoms with van der Waals surface area (Å²) in [4.78, 5) is 51.8. The molecule has 33 heavy (non-hydrogen) atoms. The van der Waals surface area contributed by atoms with Crippen molar-refractivity contribution in [2.45, 2.75) is 12.5 Å². The highest BCUT2D eigenvalue weighted by atomic mass is 19.2. The number of hydrogen-bond acceptors (Lipinski definition) is 5. The normalized spacial score (nSPS) is 17.5. The fraction of sp³-hybridized carbons (Fsp3) is 0.273. The third kappa shape index (κ3) is 4.92. The van der Waals surface area contributed by atoms with E-state index < -0.39 is 47.5 Å². The number of rotatable bonds is 7. The molecule has 2 N–H and O–H groups in total. The van der Waals surface area contributed by atoms with Gasteiger partial charge in [0.2, 0.25) is 11.8 Å². The molecule has 1 heterocycles. The number of halogens is 2. The molecular formula is C22H22F2N4O5. The van der Waals surface area contributed by atoms with E-state index in [1.165, 1.54) is 27.1 Å². The molecule has 0 unspecified atom stereocenters. The van der Waals surface area contributed by atoms with E-state index in [9.17, 15) is 28.0 Å². The van der Waals surface area contributed by atoms with Crippen molar-refractivity contribution in [1.29, 1.82) is 0 Å². The molecular weight excluding hydrogens is 438 g/mol. The maximum Gasteiger partial charge on any atom is 0.325 e. The topological polar surface area (TPSA) is 108 Å². The zero-order chi connectivity index (χ0) is 24.3. The second kappa shape index (κ2) is 9.23. The Balaban J connectivity index is 1.64. The predicted octanol–water partition coefficient (Wildman–Crippen LogP) is 1.84. The van der Waals surface area contributed by atoms with Gasteiger partial charge in [-0.2, -0.15) is 0 Å². The molecule has 0 aliphatic carbocycles. The summed E-state index contributed by atoms with van der Waals surface area (Å²) in [5, 5.41) is 5.03. The number of methoxy groups -OCH3 is 1. The lowest BCUT2D eigenvalue weighted by Crippen LogP contribution is -2.45. The lowest BCUT2D eigenvalue weighted by Gasteiger charge is -2.23. The van der Waals surface area contributed by atoms with E-state index >= 15 is 0 Å². The largest absolute Gasteiger partial charge is 0.497 e. The van der Waals surface area contributed by atoms with Crippen LogP contribution < -0.4 is 15.4 Å². The number of carbonyl (C=O) groups is 4. The van der Waals surface area contributed by atoms with Crippen LogP contribution in [0.4, 0.5) is 19.3 Å². The number of nitrogens with one attached hydrogen (secondary N) is 2. The minimum Gasteiger partial charge on any atom is -0.497 e. The van der Waals surface area contributed by atoms with Crippen LogP contribution in [0.15, 0.2) is 42.5 Å². The molecule has 11 heteroatoms. The van der Waals surface area contributed by atoms with Gasteiger partial charge >= 0.3 is 6.03 Å². The van der Waals surface area contributed by atoms with Crippen molar-refractivity contribution in [3.63, 3.8) is 0 Å². The van der Waals surface area contributed by atoms with Crippen LogP contribution in [-0.4, -0.2) is 60.8 Å². The van der Waals surface area contributed by atoms with Gasteiger partial charge in [-0.15, -0.1) is 0 Å². The molecule has 9 nitrogen and oxygen atoms in total. The van der Waals surface area contributed by atoms with Gasteiger partial charge in [-0.3, -0.25) is 19.3 Å². The van der Waals surface area contributed by atoms with E-state index in [-0.39, 0.29) is 12.1 Å². The second-order valence-corrected chi connectivity index (χ2v) is 7.61. The highest BCUT2D eigenvalue weighted by Crippen LogP contribution is 2.29. The van der Waals surface area contributed by atoms with Crippen molar-refractivity contribution in [3.05, 3.63) is 59.7 Å². The Labute approximate surface area is 188 Å². The third-order valence-corrected chi connectivity index (χ3v) is 5.23. The number of benzene rings is 2. The van der Waals surface area contributed by atoms with Gasteiger partial charge in [0.15, 0.2) is 11.6 Å². The van der Waals surface area contributed by atoms with E-state index in [1.54, 1.807) is 24.3 Å². The van der Waals surface area contributed by atoms with Crippen LogP contribution in [0.3, 0.4) is 0 Å². The molecule has 174 valence electrons. The average molecular weight is 460 g/mol. The number of amides is 5. The first-order chi connectivity index (χ1) is 15.5. The number of likely N-dealkylation sites (N-methyl/N-ethyl adjacent to an activating group) is 1. The van der Waals surface area contributed by atoms with Crippen LogP contribution >= 0.6 is 0 Å². The summed E-state index contributed by atoms with van der Waals surface area (Å²) >= 11 is 0. The molecule has 1 aliphatic rings. The number of carbonyl (C=O) groups excluding carboxylic acids is 4. The Morgan fingerprint density at radius 1 is 1.15 bits per heavy atom. The van der Waals surface area contributed by atoms with Gasteiger partial charge in [-0.1, -0.05) is 12.1 Å². The molecule has 0 aromatic heterocycles. The van der Waals surface area contributed by atoms with Gasteiger partial charge in [0.1, 0.15) is 17.8 Å². The number of urea groups is 1. The van der Waals surface area contributed by atoms with Crippen LogP contribution in [0.5, 0.6) is 5.75 Å². The van der Waals surface area contributed by atoms with Gasteiger partial charge < -0.3 is 20.3 Å². The van der Waals surface area contributed by atoms with Crippen LogP contribution in [0.1, 0.15) is 12.5 Å². The Hall–Kier alpha value is -4.02. The molecule has 1 saturated heterocycles. The van der Waals surface area contributed by atoms with Gasteiger partial charge in [-0.05, 0) is 36.8 Å². The number of hydrogen-bond donors (Lipinski definition) is 2. The Kier molecular flexibility index (Phi) is 6.61. The molecule has 1 atom stereocenters. The van der Waals surface area contributed by atoms with Gasteiger partial charge in [0.05, 0.1) is 13.7 Å². The molecule has 1 fully saturated rings. The van der Waals surface area contributed by atoms with Crippen molar-refractivity contribution in [1.82, 2.24) is 15.1 Å². The van der Waals surface area contributed by atoms with Crippen molar-refractivity contribution < 1.29 is 32.7 Å². The molecule has 0 spiro atoms. The summed E-state index contributed by atoms with van der Waals surface area (Å²) in [7, 11) is 2.83. The van der Waals surface area contributed by atoms with Crippen molar-refractivity contribution >= 4 is 29.4 Å². The van der Waals surface area contributed by atoms with Crippen molar-refractivity contribution in [2.24, 2.45) is 0 Å². The van der Waals surface area contributed by atoms with E-state index in [0.29, 0.717) is 16.3 Å². The first-order valence-corrected chi connectivity index (χ1v) is 9.82. The molecule has 2 aromatic rings. The SMILES string of the molecule is COc1cccc(NC(=O)CN(C)C(=O)CN2C(=O)N[C@@](C)(c3ccc(F)c(F)c3)C2=O)c1. The monoisotopic (exact) mass is 460 g/mol. The highest BCUT2D eigenvalue weighted by molar-refractivity contribution is 6.09. The van der Waals surface area contributed by atoms with Gasteiger partial charge in [-0.25, -0.2) is 13.6 Å².